The highest BCUT2D eigenvalue weighted by molar-refractivity contribution is 7.89. The minimum Gasteiger partial charge on any atom is -0.378 e. The second kappa shape index (κ2) is 6.24. The maximum atomic E-state index is 11.9. The van der Waals surface area contributed by atoms with Crippen LogP contribution in [0.15, 0.2) is 47.6 Å². The van der Waals surface area contributed by atoms with Crippen LogP contribution in [0.4, 0.5) is 5.69 Å². The number of hydrogen-bond acceptors (Lipinski definition) is 4. The highest BCUT2D eigenvalue weighted by atomic mass is 32.2. The molecule has 1 unspecified atom stereocenters. The Balaban J connectivity index is 2.30. The average Bonchev–Trinajstić information content (AvgIpc) is 2.50. The van der Waals surface area contributed by atoms with Crippen LogP contribution in [0.5, 0.6) is 0 Å². The minimum atomic E-state index is -3.44. The van der Waals surface area contributed by atoms with Crippen molar-refractivity contribution in [1.82, 2.24) is 9.71 Å². The number of aryl methyl sites for hydroxylation is 1. The van der Waals surface area contributed by atoms with Gasteiger partial charge in [-0.05, 0) is 56.3 Å². The summed E-state index contributed by atoms with van der Waals surface area (Å²) >= 11 is 0. The van der Waals surface area contributed by atoms with E-state index in [2.05, 4.69) is 15.0 Å². The Hall–Kier alpha value is -1.92. The minimum absolute atomic E-state index is 0.0549. The van der Waals surface area contributed by atoms with Crippen LogP contribution in [0.3, 0.4) is 0 Å². The summed E-state index contributed by atoms with van der Waals surface area (Å²) in [6.07, 6.45) is 3.48. The van der Waals surface area contributed by atoms with Crippen LogP contribution < -0.4 is 10.0 Å². The van der Waals surface area contributed by atoms with Gasteiger partial charge in [-0.3, -0.25) is 4.98 Å². The molecule has 0 saturated carbocycles. The van der Waals surface area contributed by atoms with Gasteiger partial charge in [0.25, 0.3) is 0 Å². The smallest absolute Gasteiger partial charge is 0.240 e. The van der Waals surface area contributed by atoms with Crippen LogP contribution in [0, 0.1) is 6.92 Å². The van der Waals surface area contributed by atoms with Gasteiger partial charge in [0, 0.05) is 24.1 Å². The molecule has 6 heteroatoms. The van der Waals surface area contributed by atoms with Gasteiger partial charge in [0.05, 0.1) is 4.90 Å². The molecule has 21 heavy (non-hydrogen) atoms. The Labute approximate surface area is 125 Å². The summed E-state index contributed by atoms with van der Waals surface area (Å²) in [5.41, 5.74) is 2.88. The maximum absolute atomic E-state index is 11.9. The molecule has 1 heterocycles. The summed E-state index contributed by atoms with van der Waals surface area (Å²) in [6.45, 7) is 3.96. The summed E-state index contributed by atoms with van der Waals surface area (Å²) in [5.74, 6) is 0. The molecule has 0 aliphatic carbocycles. The van der Waals surface area contributed by atoms with Crippen molar-refractivity contribution in [2.75, 3.05) is 12.4 Å². The summed E-state index contributed by atoms with van der Waals surface area (Å²) in [4.78, 5) is 4.24. The number of anilines is 1. The second-order valence-corrected chi connectivity index (χ2v) is 6.72. The predicted octanol–water partition coefficient (Wildman–Crippen LogP) is 2.47. The molecule has 0 amide bonds. The zero-order valence-electron chi connectivity index (χ0n) is 12.3. The Kier molecular flexibility index (Phi) is 4.59. The molecule has 112 valence electrons. The molecular weight excluding hydrogens is 286 g/mol. The fourth-order valence-electron chi connectivity index (χ4n) is 2.01. The van der Waals surface area contributed by atoms with Gasteiger partial charge >= 0.3 is 0 Å². The lowest BCUT2D eigenvalue weighted by atomic mass is 10.1. The third kappa shape index (κ3) is 3.59. The first kappa shape index (κ1) is 15.5. The van der Waals surface area contributed by atoms with Gasteiger partial charge in [-0.25, -0.2) is 13.1 Å². The Bertz CT molecular complexity index is 715. The molecule has 0 fully saturated rings. The summed E-state index contributed by atoms with van der Waals surface area (Å²) < 4.78 is 26.1. The van der Waals surface area contributed by atoms with Gasteiger partial charge in [-0.2, -0.15) is 0 Å². The van der Waals surface area contributed by atoms with Crippen LogP contribution in [-0.4, -0.2) is 20.4 Å². The molecule has 2 rings (SSSR count). The van der Waals surface area contributed by atoms with Crippen molar-refractivity contribution in [2.45, 2.75) is 24.8 Å². The van der Waals surface area contributed by atoms with E-state index in [1.807, 2.05) is 26.0 Å². The highest BCUT2D eigenvalue weighted by Gasteiger charge is 2.14. The molecule has 2 aromatic rings. The molecular formula is C15H19N3O2S. The fourth-order valence-corrected chi connectivity index (χ4v) is 2.77. The largest absolute Gasteiger partial charge is 0.378 e. The van der Waals surface area contributed by atoms with E-state index in [-0.39, 0.29) is 10.9 Å². The predicted molar refractivity (Wildman–Crippen MR) is 83.7 cm³/mol. The monoisotopic (exact) mass is 305 g/mol. The van der Waals surface area contributed by atoms with Crippen molar-refractivity contribution in [3.8, 4) is 0 Å². The van der Waals surface area contributed by atoms with E-state index in [1.165, 1.54) is 7.05 Å². The van der Waals surface area contributed by atoms with Gasteiger partial charge in [-0.15, -0.1) is 0 Å². The SMILES string of the molecule is CNS(=O)(=O)c1ccc(C)c(NC(C)c2ccncc2)c1. The zero-order chi connectivity index (χ0) is 15.5. The van der Waals surface area contributed by atoms with Gasteiger partial charge < -0.3 is 5.32 Å². The van der Waals surface area contributed by atoms with E-state index in [0.717, 1.165) is 16.8 Å². The quantitative estimate of drug-likeness (QED) is 0.890. The van der Waals surface area contributed by atoms with Crippen LogP contribution in [0.25, 0.3) is 0 Å². The van der Waals surface area contributed by atoms with Crippen molar-refractivity contribution >= 4 is 15.7 Å². The number of nitrogens with one attached hydrogen (secondary N) is 2. The first-order chi connectivity index (χ1) is 9.94. The third-order valence-corrected chi connectivity index (χ3v) is 4.78. The van der Waals surface area contributed by atoms with Crippen LogP contribution in [0.2, 0.25) is 0 Å². The summed E-state index contributed by atoms with van der Waals surface area (Å²) in [7, 11) is -2.03. The molecule has 0 radical (unpaired) electrons. The van der Waals surface area contributed by atoms with Crippen LogP contribution in [0.1, 0.15) is 24.1 Å². The van der Waals surface area contributed by atoms with E-state index in [1.54, 1.807) is 30.6 Å². The average molecular weight is 305 g/mol. The molecule has 1 atom stereocenters. The number of rotatable bonds is 5. The molecule has 0 aliphatic rings. The second-order valence-electron chi connectivity index (χ2n) is 4.83. The number of pyridine rings is 1. The number of nitrogens with zero attached hydrogens (tertiary/aromatic N) is 1. The van der Waals surface area contributed by atoms with Crippen LogP contribution >= 0.6 is 0 Å². The van der Waals surface area contributed by atoms with Gasteiger partial charge in [0.1, 0.15) is 0 Å². The van der Waals surface area contributed by atoms with Crippen molar-refractivity contribution in [1.29, 1.82) is 0 Å². The number of aromatic nitrogens is 1. The standard InChI is InChI=1S/C15H19N3O2S/c1-11-4-5-14(21(19,20)16-3)10-15(11)18-12(2)13-6-8-17-9-7-13/h4-10,12,16,18H,1-3H3. The van der Waals surface area contributed by atoms with Crippen molar-refractivity contribution < 1.29 is 8.42 Å². The van der Waals surface area contributed by atoms with Crippen molar-refractivity contribution in [3.05, 3.63) is 53.9 Å². The van der Waals surface area contributed by atoms with E-state index in [0.29, 0.717) is 0 Å². The normalized spacial score (nSPS) is 12.9. The van der Waals surface area contributed by atoms with Crippen LogP contribution in [-0.2, 0) is 10.0 Å². The molecule has 0 saturated heterocycles. The third-order valence-electron chi connectivity index (χ3n) is 3.37. The zero-order valence-corrected chi connectivity index (χ0v) is 13.1. The molecule has 1 aromatic carbocycles. The maximum Gasteiger partial charge on any atom is 0.240 e. The number of sulfonamides is 1. The Morgan fingerprint density at radius 1 is 1.14 bits per heavy atom. The van der Waals surface area contributed by atoms with E-state index in [9.17, 15) is 8.42 Å². The molecule has 0 aliphatic heterocycles. The van der Waals surface area contributed by atoms with Crippen molar-refractivity contribution in [3.63, 3.8) is 0 Å². The first-order valence-corrected chi connectivity index (χ1v) is 8.13. The van der Waals surface area contributed by atoms with E-state index >= 15 is 0 Å². The lowest BCUT2D eigenvalue weighted by Crippen LogP contribution is -2.19. The lowest BCUT2D eigenvalue weighted by Gasteiger charge is -2.18. The molecule has 2 N–H and O–H groups in total. The van der Waals surface area contributed by atoms with E-state index in [4.69, 9.17) is 0 Å². The lowest BCUT2D eigenvalue weighted by molar-refractivity contribution is 0.588. The fraction of sp³-hybridized carbons (Fsp3) is 0.267. The molecule has 5 nitrogen and oxygen atoms in total. The van der Waals surface area contributed by atoms with E-state index < -0.39 is 10.0 Å². The first-order valence-electron chi connectivity index (χ1n) is 6.64. The summed E-state index contributed by atoms with van der Waals surface area (Å²) in [5, 5.41) is 3.34. The van der Waals surface area contributed by atoms with Gasteiger partial charge in [0.15, 0.2) is 0 Å². The molecule has 0 bridgehead atoms. The topological polar surface area (TPSA) is 71.1 Å². The summed E-state index contributed by atoms with van der Waals surface area (Å²) in [6, 6.07) is 8.97. The number of hydrogen-bond donors (Lipinski definition) is 2. The van der Waals surface area contributed by atoms with Gasteiger partial charge in [0.2, 0.25) is 10.0 Å². The molecule has 1 aromatic heterocycles. The Morgan fingerprint density at radius 2 is 1.81 bits per heavy atom. The number of benzene rings is 1. The van der Waals surface area contributed by atoms with Gasteiger partial charge in [-0.1, -0.05) is 6.07 Å². The Morgan fingerprint density at radius 3 is 2.43 bits per heavy atom. The highest BCUT2D eigenvalue weighted by Crippen LogP contribution is 2.24. The van der Waals surface area contributed by atoms with Crippen molar-refractivity contribution in [2.24, 2.45) is 0 Å². The molecule has 0 spiro atoms.